The zero-order valence-electron chi connectivity index (χ0n) is 12.2. The van der Waals surface area contributed by atoms with Crippen molar-refractivity contribution in [3.63, 3.8) is 0 Å². The van der Waals surface area contributed by atoms with E-state index in [1.54, 1.807) is 20.3 Å². The van der Waals surface area contributed by atoms with Crippen molar-refractivity contribution < 1.29 is 19.0 Å². The van der Waals surface area contributed by atoms with Crippen LogP contribution in [0.15, 0.2) is 24.3 Å². The second-order valence-corrected chi connectivity index (χ2v) is 4.35. The maximum Gasteiger partial charge on any atom is 0.251 e. The van der Waals surface area contributed by atoms with Crippen LogP contribution in [-0.2, 0) is 20.8 Å². The molecular formula is C15H23NO4. The summed E-state index contributed by atoms with van der Waals surface area (Å²) in [7, 11) is 3.28. The van der Waals surface area contributed by atoms with Gasteiger partial charge in [0, 0.05) is 32.9 Å². The Morgan fingerprint density at radius 3 is 2.75 bits per heavy atom. The van der Waals surface area contributed by atoms with Crippen LogP contribution in [0.4, 0.5) is 0 Å². The molecule has 0 bridgehead atoms. The second kappa shape index (κ2) is 10.4. The molecule has 20 heavy (non-hydrogen) atoms. The van der Waals surface area contributed by atoms with E-state index in [-0.39, 0.29) is 5.91 Å². The van der Waals surface area contributed by atoms with Crippen molar-refractivity contribution in [1.82, 2.24) is 5.32 Å². The van der Waals surface area contributed by atoms with Crippen LogP contribution < -0.4 is 5.32 Å². The quantitative estimate of drug-likeness (QED) is 0.662. The molecule has 1 aromatic rings. The van der Waals surface area contributed by atoms with Gasteiger partial charge in [0.05, 0.1) is 19.8 Å². The van der Waals surface area contributed by atoms with Gasteiger partial charge < -0.3 is 19.5 Å². The van der Waals surface area contributed by atoms with Crippen LogP contribution in [0, 0.1) is 0 Å². The first-order valence-corrected chi connectivity index (χ1v) is 6.70. The lowest BCUT2D eigenvalue weighted by Crippen LogP contribution is -2.25. The van der Waals surface area contributed by atoms with Crippen LogP contribution in [0.1, 0.15) is 22.3 Å². The molecule has 0 fully saturated rings. The van der Waals surface area contributed by atoms with E-state index >= 15 is 0 Å². The summed E-state index contributed by atoms with van der Waals surface area (Å²) >= 11 is 0. The summed E-state index contributed by atoms with van der Waals surface area (Å²) in [6.07, 6.45) is 0.785. The molecular weight excluding hydrogens is 258 g/mol. The smallest absolute Gasteiger partial charge is 0.251 e. The fraction of sp³-hybridized carbons (Fsp3) is 0.533. The van der Waals surface area contributed by atoms with Gasteiger partial charge in [-0.05, 0) is 24.1 Å². The molecule has 112 valence electrons. The third kappa shape index (κ3) is 6.65. The lowest BCUT2D eigenvalue weighted by Gasteiger charge is -2.07. The number of hydrogen-bond acceptors (Lipinski definition) is 4. The van der Waals surface area contributed by atoms with Crippen LogP contribution >= 0.6 is 0 Å². The van der Waals surface area contributed by atoms with Crippen molar-refractivity contribution in [1.29, 1.82) is 0 Å². The van der Waals surface area contributed by atoms with E-state index in [1.807, 2.05) is 18.2 Å². The summed E-state index contributed by atoms with van der Waals surface area (Å²) in [5.41, 5.74) is 1.64. The predicted molar refractivity (Wildman–Crippen MR) is 76.8 cm³/mol. The Morgan fingerprint density at radius 2 is 2.00 bits per heavy atom. The fourth-order valence-electron chi connectivity index (χ4n) is 1.69. The molecule has 0 saturated carbocycles. The van der Waals surface area contributed by atoms with E-state index in [0.29, 0.717) is 38.5 Å². The number of methoxy groups -OCH3 is 2. The van der Waals surface area contributed by atoms with Crippen LogP contribution in [0.3, 0.4) is 0 Å². The highest BCUT2D eigenvalue weighted by Crippen LogP contribution is 2.06. The average molecular weight is 281 g/mol. The van der Waals surface area contributed by atoms with Gasteiger partial charge in [-0.15, -0.1) is 0 Å². The molecule has 0 atom stereocenters. The zero-order valence-corrected chi connectivity index (χ0v) is 12.2. The number of benzene rings is 1. The molecule has 1 amide bonds. The monoisotopic (exact) mass is 281 g/mol. The van der Waals surface area contributed by atoms with Crippen LogP contribution in [0.5, 0.6) is 0 Å². The SMILES string of the molecule is COCCOCCCNC(=O)c1cccc(COC)c1. The highest BCUT2D eigenvalue weighted by molar-refractivity contribution is 5.94. The Labute approximate surface area is 120 Å². The molecule has 5 heteroatoms. The van der Waals surface area contributed by atoms with E-state index in [0.717, 1.165) is 12.0 Å². The van der Waals surface area contributed by atoms with Gasteiger partial charge >= 0.3 is 0 Å². The highest BCUT2D eigenvalue weighted by Gasteiger charge is 2.05. The molecule has 0 aliphatic carbocycles. The van der Waals surface area contributed by atoms with Crippen molar-refractivity contribution in [2.24, 2.45) is 0 Å². The Bertz CT molecular complexity index is 395. The summed E-state index contributed by atoms with van der Waals surface area (Å²) in [4.78, 5) is 11.9. The van der Waals surface area contributed by atoms with E-state index in [4.69, 9.17) is 14.2 Å². The lowest BCUT2D eigenvalue weighted by atomic mass is 10.1. The molecule has 0 unspecified atom stereocenters. The van der Waals surface area contributed by atoms with Crippen molar-refractivity contribution in [3.8, 4) is 0 Å². The molecule has 0 saturated heterocycles. The number of rotatable bonds is 10. The van der Waals surface area contributed by atoms with Crippen LogP contribution in [-0.4, -0.2) is 46.5 Å². The first kappa shape index (κ1) is 16.6. The molecule has 0 heterocycles. The molecule has 5 nitrogen and oxygen atoms in total. The maximum atomic E-state index is 11.9. The largest absolute Gasteiger partial charge is 0.382 e. The number of carbonyl (C=O) groups is 1. The summed E-state index contributed by atoms with van der Waals surface area (Å²) < 4.78 is 15.2. The number of nitrogens with one attached hydrogen (secondary N) is 1. The Kier molecular flexibility index (Phi) is 8.62. The number of hydrogen-bond donors (Lipinski definition) is 1. The number of carbonyl (C=O) groups excluding carboxylic acids is 1. The van der Waals surface area contributed by atoms with E-state index < -0.39 is 0 Å². The molecule has 0 spiro atoms. The molecule has 0 aliphatic rings. The average Bonchev–Trinajstić information content (AvgIpc) is 2.47. The minimum Gasteiger partial charge on any atom is -0.382 e. The minimum atomic E-state index is -0.0696. The van der Waals surface area contributed by atoms with Crippen LogP contribution in [0.25, 0.3) is 0 Å². The fourth-order valence-corrected chi connectivity index (χ4v) is 1.69. The third-order valence-corrected chi connectivity index (χ3v) is 2.68. The molecule has 1 rings (SSSR count). The Hall–Kier alpha value is -1.43. The number of ether oxygens (including phenoxy) is 3. The lowest BCUT2D eigenvalue weighted by molar-refractivity contribution is 0.0688. The van der Waals surface area contributed by atoms with Gasteiger partial charge in [-0.3, -0.25) is 4.79 Å². The van der Waals surface area contributed by atoms with Gasteiger partial charge in [-0.2, -0.15) is 0 Å². The maximum absolute atomic E-state index is 11.9. The van der Waals surface area contributed by atoms with E-state index in [9.17, 15) is 4.79 Å². The summed E-state index contributed by atoms with van der Waals surface area (Å²) in [5.74, 6) is -0.0696. The van der Waals surface area contributed by atoms with Crippen molar-refractivity contribution in [3.05, 3.63) is 35.4 Å². The van der Waals surface area contributed by atoms with E-state index in [1.165, 1.54) is 0 Å². The van der Waals surface area contributed by atoms with Gasteiger partial charge in [0.25, 0.3) is 5.91 Å². The van der Waals surface area contributed by atoms with Crippen LogP contribution in [0.2, 0.25) is 0 Å². The zero-order chi connectivity index (χ0) is 14.6. The van der Waals surface area contributed by atoms with Crippen molar-refractivity contribution in [2.45, 2.75) is 13.0 Å². The second-order valence-electron chi connectivity index (χ2n) is 4.35. The minimum absolute atomic E-state index is 0.0696. The topological polar surface area (TPSA) is 56.8 Å². The van der Waals surface area contributed by atoms with Gasteiger partial charge in [0.15, 0.2) is 0 Å². The number of amides is 1. The standard InChI is InChI=1S/C15H23NO4/c1-18-9-10-20-8-4-7-16-15(17)14-6-3-5-13(11-14)12-19-2/h3,5-6,11H,4,7-10,12H2,1-2H3,(H,16,17). The molecule has 0 radical (unpaired) electrons. The molecule has 1 N–H and O–H groups in total. The van der Waals surface area contributed by atoms with Crippen molar-refractivity contribution in [2.75, 3.05) is 40.6 Å². The van der Waals surface area contributed by atoms with Gasteiger partial charge in [-0.1, -0.05) is 12.1 Å². The normalized spacial score (nSPS) is 10.5. The van der Waals surface area contributed by atoms with Crippen molar-refractivity contribution >= 4 is 5.91 Å². The first-order valence-electron chi connectivity index (χ1n) is 6.70. The predicted octanol–water partition coefficient (Wildman–Crippen LogP) is 1.62. The third-order valence-electron chi connectivity index (χ3n) is 2.68. The molecule has 1 aromatic carbocycles. The van der Waals surface area contributed by atoms with Gasteiger partial charge in [-0.25, -0.2) is 0 Å². The van der Waals surface area contributed by atoms with E-state index in [2.05, 4.69) is 5.32 Å². The summed E-state index contributed by atoms with van der Waals surface area (Å²) in [6, 6.07) is 7.43. The first-order chi connectivity index (χ1) is 9.77. The molecule has 0 aliphatic heterocycles. The summed E-state index contributed by atoms with van der Waals surface area (Å²) in [6.45, 7) is 2.91. The molecule has 0 aromatic heterocycles. The Morgan fingerprint density at radius 1 is 1.15 bits per heavy atom. The Balaban J connectivity index is 2.23. The summed E-state index contributed by atoms with van der Waals surface area (Å²) in [5, 5.41) is 2.87. The highest BCUT2D eigenvalue weighted by atomic mass is 16.5. The van der Waals surface area contributed by atoms with Gasteiger partial charge in [0.2, 0.25) is 0 Å². The van der Waals surface area contributed by atoms with Gasteiger partial charge in [0.1, 0.15) is 0 Å².